The molecule has 2 fully saturated rings. The van der Waals surface area contributed by atoms with E-state index in [4.69, 9.17) is 4.74 Å². The van der Waals surface area contributed by atoms with Gasteiger partial charge in [0.05, 0.1) is 13.2 Å². The lowest BCUT2D eigenvalue weighted by Crippen LogP contribution is -2.51. The number of halogens is 1. The number of aliphatic imine (C=N–C) groups is 1. The van der Waals surface area contributed by atoms with Crippen LogP contribution in [0.2, 0.25) is 0 Å². The molecule has 0 saturated carbocycles. The van der Waals surface area contributed by atoms with Crippen LogP contribution >= 0.6 is 35.3 Å². The quantitative estimate of drug-likeness (QED) is 0.274. The van der Waals surface area contributed by atoms with Crippen LogP contribution in [0.4, 0.5) is 0 Å². The monoisotopic (exact) mass is 563 g/mol. The van der Waals surface area contributed by atoms with E-state index in [-0.39, 0.29) is 24.0 Å². The van der Waals surface area contributed by atoms with Gasteiger partial charge in [0.2, 0.25) is 0 Å². The van der Waals surface area contributed by atoms with Crippen LogP contribution in [0.1, 0.15) is 38.0 Å². The topological polar surface area (TPSA) is 52.1 Å². The Labute approximate surface area is 210 Å². The maximum atomic E-state index is 5.55. The average Bonchev–Trinajstić information content (AvgIpc) is 3.26. The Bertz CT molecular complexity index is 621. The number of nitrogens with one attached hydrogen (secondary N) is 2. The largest absolute Gasteiger partial charge is 0.379 e. The molecule has 2 unspecified atom stereocenters. The van der Waals surface area contributed by atoms with Gasteiger partial charge in [0.25, 0.3) is 0 Å². The molecule has 2 N–H and O–H groups in total. The summed E-state index contributed by atoms with van der Waals surface area (Å²) in [6.45, 7) is 13.8. The highest BCUT2D eigenvalue weighted by atomic mass is 127. The van der Waals surface area contributed by atoms with E-state index in [2.05, 4.69) is 56.8 Å². The normalized spacial score (nSPS) is 22.2. The van der Waals surface area contributed by atoms with E-state index in [1.165, 1.54) is 37.2 Å². The molecule has 3 heterocycles. The fraction of sp³-hybridized carbons (Fsp3) is 0.783. The molecule has 2 aliphatic heterocycles. The number of thiophene rings is 1. The molecule has 2 aliphatic rings. The minimum Gasteiger partial charge on any atom is -0.379 e. The molecule has 0 aliphatic carbocycles. The number of likely N-dealkylation sites (tertiary alicyclic amines) is 1. The van der Waals surface area contributed by atoms with E-state index < -0.39 is 0 Å². The van der Waals surface area contributed by atoms with Gasteiger partial charge < -0.3 is 15.4 Å². The van der Waals surface area contributed by atoms with Gasteiger partial charge in [-0.15, -0.1) is 35.3 Å². The lowest BCUT2D eigenvalue weighted by Gasteiger charge is -2.36. The number of piperidine rings is 1. The number of rotatable bonds is 9. The number of hydrogen-bond acceptors (Lipinski definition) is 5. The molecular weight excluding hydrogens is 521 g/mol. The predicted octanol–water partition coefficient (Wildman–Crippen LogP) is 3.49. The first-order valence-electron chi connectivity index (χ1n) is 11.6. The third kappa shape index (κ3) is 9.53. The van der Waals surface area contributed by atoms with E-state index in [9.17, 15) is 0 Å². The fourth-order valence-corrected chi connectivity index (χ4v) is 5.36. The van der Waals surface area contributed by atoms with E-state index in [1.54, 1.807) is 0 Å². The van der Waals surface area contributed by atoms with Crippen molar-refractivity contribution in [1.82, 2.24) is 20.4 Å². The average molecular weight is 564 g/mol. The smallest absolute Gasteiger partial charge is 0.191 e. The molecule has 6 nitrogen and oxygen atoms in total. The molecule has 0 spiro atoms. The maximum absolute atomic E-state index is 5.55. The van der Waals surface area contributed by atoms with Gasteiger partial charge in [-0.05, 0) is 49.1 Å². The number of morpholine rings is 1. The van der Waals surface area contributed by atoms with Gasteiger partial charge in [-0.2, -0.15) is 0 Å². The van der Waals surface area contributed by atoms with Crippen molar-refractivity contribution in [1.29, 1.82) is 0 Å². The highest BCUT2D eigenvalue weighted by Crippen LogP contribution is 2.20. The maximum Gasteiger partial charge on any atom is 0.191 e. The van der Waals surface area contributed by atoms with Crippen LogP contribution < -0.4 is 10.6 Å². The van der Waals surface area contributed by atoms with Crippen molar-refractivity contribution >= 4 is 41.3 Å². The molecule has 2 atom stereocenters. The van der Waals surface area contributed by atoms with Crippen LogP contribution in [0.5, 0.6) is 0 Å². The van der Waals surface area contributed by atoms with Crippen molar-refractivity contribution in [2.45, 2.75) is 45.7 Å². The van der Waals surface area contributed by atoms with Gasteiger partial charge in [-0.3, -0.25) is 14.8 Å². The zero-order valence-electron chi connectivity index (χ0n) is 19.5. The summed E-state index contributed by atoms with van der Waals surface area (Å²) >= 11 is 1.87. The van der Waals surface area contributed by atoms with E-state index in [0.717, 1.165) is 51.9 Å². The first-order valence-corrected chi connectivity index (χ1v) is 12.5. The Hall–Kier alpha value is -0.420. The highest BCUT2D eigenvalue weighted by molar-refractivity contribution is 14.0. The van der Waals surface area contributed by atoms with Gasteiger partial charge >= 0.3 is 0 Å². The second kappa shape index (κ2) is 14.7. The molecule has 31 heavy (non-hydrogen) atoms. The van der Waals surface area contributed by atoms with E-state index >= 15 is 0 Å². The molecule has 1 aromatic rings. The van der Waals surface area contributed by atoms with Crippen LogP contribution in [-0.4, -0.2) is 81.3 Å². The Morgan fingerprint density at radius 3 is 2.74 bits per heavy atom. The second-order valence-electron chi connectivity index (χ2n) is 9.09. The van der Waals surface area contributed by atoms with Gasteiger partial charge in [-0.1, -0.05) is 19.9 Å². The van der Waals surface area contributed by atoms with Crippen molar-refractivity contribution in [3.8, 4) is 0 Å². The third-order valence-corrected chi connectivity index (χ3v) is 7.02. The molecule has 0 amide bonds. The molecule has 3 rings (SSSR count). The van der Waals surface area contributed by atoms with Gasteiger partial charge in [0, 0.05) is 57.2 Å². The summed E-state index contributed by atoms with van der Waals surface area (Å²) in [7, 11) is 1.88. The molecule has 1 aromatic heterocycles. The highest BCUT2D eigenvalue weighted by Gasteiger charge is 2.23. The third-order valence-electron chi connectivity index (χ3n) is 6.16. The predicted molar refractivity (Wildman–Crippen MR) is 143 cm³/mol. The summed E-state index contributed by atoms with van der Waals surface area (Å²) in [6, 6.07) is 4.94. The first-order chi connectivity index (χ1) is 14.6. The lowest BCUT2D eigenvalue weighted by molar-refractivity contribution is 0.0132. The number of ether oxygens (including phenoxy) is 1. The molecule has 0 bridgehead atoms. The Balaban J connectivity index is 0.00000341. The van der Waals surface area contributed by atoms with Gasteiger partial charge in [-0.25, -0.2) is 0 Å². The number of nitrogens with zero attached hydrogens (tertiary/aromatic N) is 3. The zero-order valence-corrected chi connectivity index (χ0v) is 22.7. The molecule has 178 valence electrons. The molecule has 2 saturated heterocycles. The molecule has 0 radical (unpaired) electrons. The summed E-state index contributed by atoms with van der Waals surface area (Å²) < 4.78 is 5.55. The Morgan fingerprint density at radius 2 is 2.06 bits per heavy atom. The molecular formula is C23H42IN5OS. The minimum absolute atomic E-state index is 0. The molecule has 0 aromatic carbocycles. The number of hydrogen-bond donors (Lipinski definition) is 2. The fourth-order valence-electron chi connectivity index (χ4n) is 4.61. The van der Waals surface area contributed by atoms with Crippen LogP contribution in [0.25, 0.3) is 0 Å². The van der Waals surface area contributed by atoms with Crippen molar-refractivity contribution in [3.63, 3.8) is 0 Å². The SMILES string of the molecule is CN=C(NCC1CCCN(Cc2cccs2)C1)NCC(CC(C)C)N1CCOCC1.I. The van der Waals surface area contributed by atoms with Gasteiger partial charge in [0.15, 0.2) is 5.96 Å². The standard InChI is InChI=1S/C23H41N5OS.HI/c1-19(2)14-21(28-9-11-29-12-10-28)16-26-23(24-3)25-15-20-6-4-8-27(17-20)18-22-7-5-13-30-22;/h5,7,13,19-21H,4,6,8-12,14-18H2,1-3H3,(H2,24,25,26);1H. The van der Waals surface area contributed by atoms with Crippen molar-refractivity contribution in [3.05, 3.63) is 22.4 Å². The zero-order chi connectivity index (χ0) is 21.2. The Kier molecular flexibility index (Phi) is 12.7. The van der Waals surface area contributed by atoms with Crippen molar-refractivity contribution in [2.75, 3.05) is 59.5 Å². The summed E-state index contributed by atoms with van der Waals surface area (Å²) in [6.07, 6.45) is 3.79. The van der Waals surface area contributed by atoms with Crippen LogP contribution in [-0.2, 0) is 11.3 Å². The van der Waals surface area contributed by atoms with Crippen molar-refractivity contribution < 1.29 is 4.74 Å². The van der Waals surface area contributed by atoms with Crippen LogP contribution in [0.15, 0.2) is 22.5 Å². The van der Waals surface area contributed by atoms with Crippen molar-refractivity contribution in [2.24, 2.45) is 16.8 Å². The number of guanidine groups is 1. The summed E-state index contributed by atoms with van der Waals surface area (Å²) in [5, 5.41) is 9.38. The van der Waals surface area contributed by atoms with E-state index in [0.29, 0.717) is 17.9 Å². The van der Waals surface area contributed by atoms with E-state index in [1.807, 2.05) is 18.4 Å². The molecule has 8 heteroatoms. The van der Waals surface area contributed by atoms with Gasteiger partial charge in [0.1, 0.15) is 0 Å². The van der Waals surface area contributed by atoms with Crippen LogP contribution in [0.3, 0.4) is 0 Å². The lowest BCUT2D eigenvalue weighted by atomic mass is 9.98. The first kappa shape index (κ1) is 26.8. The Morgan fingerprint density at radius 1 is 1.26 bits per heavy atom. The summed E-state index contributed by atoms with van der Waals surface area (Å²) in [5.74, 6) is 2.31. The summed E-state index contributed by atoms with van der Waals surface area (Å²) in [5.41, 5.74) is 0. The van der Waals surface area contributed by atoms with Crippen LogP contribution in [0, 0.1) is 11.8 Å². The minimum atomic E-state index is 0. The summed E-state index contributed by atoms with van der Waals surface area (Å²) in [4.78, 5) is 11.1. The second-order valence-corrected chi connectivity index (χ2v) is 10.1.